The second-order valence-corrected chi connectivity index (χ2v) is 7.02. The average molecular weight is 298 g/mol. The third-order valence-electron chi connectivity index (χ3n) is 6.01. The summed E-state index contributed by atoms with van der Waals surface area (Å²) < 4.78 is 17.7. The summed E-state index contributed by atoms with van der Waals surface area (Å²) in [5.74, 6) is 6.49. The van der Waals surface area contributed by atoms with Gasteiger partial charge in [0.1, 0.15) is 0 Å². The summed E-state index contributed by atoms with van der Waals surface area (Å²) in [4.78, 5) is 0. The zero-order chi connectivity index (χ0) is 14.8. The molecule has 3 fully saturated rings. The van der Waals surface area contributed by atoms with E-state index in [4.69, 9.17) is 20.1 Å². The van der Waals surface area contributed by atoms with Gasteiger partial charge in [0.25, 0.3) is 0 Å². The molecule has 0 bridgehead atoms. The number of methoxy groups -OCH3 is 1. The molecule has 3 rings (SSSR count). The van der Waals surface area contributed by atoms with Crippen molar-refractivity contribution in [2.45, 2.75) is 68.6 Å². The molecule has 5 heteroatoms. The Morgan fingerprint density at radius 3 is 2.48 bits per heavy atom. The number of ether oxygens (including phenoxy) is 3. The minimum atomic E-state index is -0.0802. The van der Waals surface area contributed by atoms with Crippen LogP contribution in [0.15, 0.2) is 0 Å². The average Bonchev–Trinajstić information content (AvgIpc) is 2.99. The molecule has 21 heavy (non-hydrogen) atoms. The molecule has 1 saturated carbocycles. The molecule has 122 valence electrons. The van der Waals surface area contributed by atoms with Gasteiger partial charge in [0, 0.05) is 26.9 Å². The van der Waals surface area contributed by atoms with Gasteiger partial charge in [-0.2, -0.15) is 0 Å². The van der Waals surface area contributed by atoms with E-state index in [1.807, 2.05) is 7.11 Å². The first-order valence-electron chi connectivity index (χ1n) is 8.47. The molecule has 0 amide bonds. The molecule has 3 N–H and O–H groups in total. The third kappa shape index (κ3) is 2.99. The van der Waals surface area contributed by atoms with Crippen LogP contribution < -0.4 is 11.3 Å². The molecule has 2 unspecified atom stereocenters. The lowest BCUT2D eigenvalue weighted by Crippen LogP contribution is -2.60. The Balaban J connectivity index is 1.74. The van der Waals surface area contributed by atoms with Gasteiger partial charge in [-0.1, -0.05) is 12.8 Å². The SMILES string of the molecule is COC1(C(NN)C2CCOC3(CCOCC3)C2)CCCC1. The fourth-order valence-corrected chi connectivity index (χ4v) is 4.78. The van der Waals surface area contributed by atoms with E-state index in [1.165, 1.54) is 12.8 Å². The standard InChI is InChI=1S/C16H30N2O3/c1-19-16(5-2-3-6-16)14(18-17)13-4-9-21-15(12-13)7-10-20-11-8-15/h13-14,18H,2-12,17H2,1H3. The predicted molar refractivity (Wildman–Crippen MR) is 80.8 cm³/mol. The minimum absolute atomic E-state index is 0.0177. The van der Waals surface area contributed by atoms with Crippen LogP contribution in [0.4, 0.5) is 0 Å². The van der Waals surface area contributed by atoms with E-state index in [9.17, 15) is 0 Å². The Bertz CT molecular complexity index is 333. The number of nitrogens with one attached hydrogen (secondary N) is 1. The lowest BCUT2D eigenvalue weighted by Gasteiger charge is -2.48. The Labute approximate surface area is 127 Å². The summed E-state index contributed by atoms with van der Waals surface area (Å²) in [5, 5.41) is 0. The first-order chi connectivity index (χ1) is 10.2. The summed E-state index contributed by atoms with van der Waals surface area (Å²) in [7, 11) is 1.85. The molecule has 2 aliphatic heterocycles. The summed E-state index contributed by atoms with van der Waals surface area (Å²) in [6.45, 7) is 2.48. The van der Waals surface area contributed by atoms with E-state index < -0.39 is 0 Å². The fourth-order valence-electron chi connectivity index (χ4n) is 4.78. The van der Waals surface area contributed by atoms with Crippen LogP contribution in [0.1, 0.15) is 51.4 Å². The largest absolute Gasteiger partial charge is 0.381 e. The highest BCUT2D eigenvalue weighted by molar-refractivity contribution is 5.02. The number of rotatable bonds is 4. The summed E-state index contributed by atoms with van der Waals surface area (Å²) in [6.07, 6.45) is 8.90. The van der Waals surface area contributed by atoms with E-state index in [0.29, 0.717) is 5.92 Å². The topological polar surface area (TPSA) is 65.7 Å². The van der Waals surface area contributed by atoms with Crippen molar-refractivity contribution in [3.63, 3.8) is 0 Å². The Morgan fingerprint density at radius 1 is 1.14 bits per heavy atom. The molecule has 0 aromatic heterocycles. The molecule has 0 aromatic carbocycles. The minimum Gasteiger partial charge on any atom is -0.381 e. The monoisotopic (exact) mass is 298 g/mol. The van der Waals surface area contributed by atoms with Crippen LogP contribution in [0.5, 0.6) is 0 Å². The van der Waals surface area contributed by atoms with Crippen LogP contribution in [0, 0.1) is 5.92 Å². The summed E-state index contributed by atoms with van der Waals surface area (Å²) in [5.41, 5.74) is 3.05. The van der Waals surface area contributed by atoms with Gasteiger partial charge < -0.3 is 14.2 Å². The van der Waals surface area contributed by atoms with Crippen molar-refractivity contribution in [2.75, 3.05) is 26.9 Å². The fraction of sp³-hybridized carbons (Fsp3) is 1.00. The lowest BCUT2D eigenvalue weighted by atomic mass is 9.73. The molecular formula is C16H30N2O3. The van der Waals surface area contributed by atoms with Gasteiger partial charge in [-0.3, -0.25) is 11.3 Å². The van der Waals surface area contributed by atoms with Gasteiger partial charge in [0.15, 0.2) is 0 Å². The third-order valence-corrected chi connectivity index (χ3v) is 6.01. The molecule has 2 atom stereocenters. The lowest BCUT2D eigenvalue weighted by molar-refractivity contribution is -0.161. The van der Waals surface area contributed by atoms with E-state index in [-0.39, 0.29) is 17.2 Å². The van der Waals surface area contributed by atoms with Crippen molar-refractivity contribution in [3.05, 3.63) is 0 Å². The van der Waals surface area contributed by atoms with Gasteiger partial charge >= 0.3 is 0 Å². The normalized spacial score (nSPS) is 33.1. The second kappa shape index (κ2) is 6.50. The first-order valence-corrected chi connectivity index (χ1v) is 8.47. The van der Waals surface area contributed by atoms with Gasteiger partial charge in [0.05, 0.1) is 17.2 Å². The molecular weight excluding hydrogens is 268 g/mol. The summed E-state index contributed by atoms with van der Waals surface area (Å²) >= 11 is 0. The molecule has 1 spiro atoms. The van der Waals surface area contributed by atoms with Crippen LogP contribution in [-0.2, 0) is 14.2 Å². The molecule has 2 heterocycles. The maximum Gasteiger partial charge on any atom is 0.0847 e. The number of nitrogens with two attached hydrogens (primary N) is 1. The maximum atomic E-state index is 6.17. The highest BCUT2D eigenvalue weighted by Crippen LogP contribution is 2.44. The van der Waals surface area contributed by atoms with Crippen LogP contribution in [-0.4, -0.2) is 44.2 Å². The van der Waals surface area contributed by atoms with Crippen LogP contribution in [0.3, 0.4) is 0 Å². The van der Waals surface area contributed by atoms with E-state index in [1.54, 1.807) is 0 Å². The molecule has 0 aromatic rings. The van der Waals surface area contributed by atoms with Gasteiger partial charge in [-0.25, -0.2) is 0 Å². The molecule has 0 radical (unpaired) electrons. The van der Waals surface area contributed by atoms with Gasteiger partial charge in [-0.05, 0) is 44.4 Å². The van der Waals surface area contributed by atoms with Gasteiger partial charge in [0.2, 0.25) is 0 Å². The van der Waals surface area contributed by atoms with Crippen molar-refractivity contribution in [3.8, 4) is 0 Å². The van der Waals surface area contributed by atoms with Crippen molar-refractivity contribution < 1.29 is 14.2 Å². The van der Waals surface area contributed by atoms with Crippen LogP contribution >= 0.6 is 0 Å². The second-order valence-electron chi connectivity index (χ2n) is 7.02. The van der Waals surface area contributed by atoms with E-state index in [2.05, 4.69) is 5.43 Å². The molecule has 5 nitrogen and oxygen atoms in total. The number of hydrogen-bond donors (Lipinski definition) is 2. The van der Waals surface area contributed by atoms with E-state index >= 15 is 0 Å². The van der Waals surface area contributed by atoms with Crippen molar-refractivity contribution in [2.24, 2.45) is 11.8 Å². The van der Waals surface area contributed by atoms with Crippen molar-refractivity contribution in [1.82, 2.24) is 5.43 Å². The van der Waals surface area contributed by atoms with Gasteiger partial charge in [-0.15, -0.1) is 0 Å². The number of hydrazine groups is 1. The first kappa shape index (κ1) is 15.7. The van der Waals surface area contributed by atoms with Crippen LogP contribution in [0.2, 0.25) is 0 Å². The predicted octanol–water partition coefficient (Wildman–Crippen LogP) is 1.75. The van der Waals surface area contributed by atoms with Crippen LogP contribution in [0.25, 0.3) is 0 Å². The highest BCUT2D eigenvalue weighted by atomic mass is 16.5. The maximum absolute atomic E-state index is 6.17. The zero-order valence-corrected chi connectivity index (χ0v) is 13.2. The zero-order valence-electron chi connectivity index (χ0n) is 13.2. The molecule has 2 saturated heterocycles. The quantitative estimate of drug-likeness (QED) is 0.611. The number of hydrogen-bond acceptors (Lipinski definition) is 5. The Hall–Kier alpha value is -0.200. The Kier molecular flexibility index (Phi) is 4.86. The smallest absolute Gasteiger partial charge is 0.0847 e. The molecule has 1 aliphatic carbocycles. The molecule has 3 aliphatic rings. The van der Waals surface area contributed by atoms with E-state index in [0.717, 1.165) is 58.3 Å². The summed E-state index contributed by atoms with van der Waals surface area (Å²) in [6, 6.07) is 0.230. The van der Waals surface area contributed by atoms with Crippen molar-refractivity contribution >= 4 is 0 Å². The Morgan fingerprint density at radius 2 is 1.86 bits per heavy atom. The van der Waals surface area contributed by atoms with Crippen molar-refractivity contribution in [1.29, 1.82) is 0 Å². The highest BCUT2D eigenvalue weighted by Gasteiger charge is 2.49.